The molecule has 0 aromatic rings. The summed E-state index contributed by atoms with van der Waals surface area (Å²) in [5.41, 5.74) is 0. The van der Waals surface area contributed by atoms with E-state index in [1.807, 2.05) is 14.0 Å². The molecule has 80 valence electrons. The number of hydrogen-bond acceptors (Lipinski definition) is 3. The molecule has 0 aromatic carbocycles. The third kappa shape index (κ3) is 2.97. The molecule has 0 spiro atoms. The molecular formula is C11H20N2O. The van der Waals surface area contributed by atoms with Gasteiger partial charge in [0.05, 0.1) is 18.1 Å². The van der Waals surface area contributed by atoms with E-state index in [0.29, 0.717) is 0 Å². The molecule has 1 fully saturated rings. The molecule has 0 radical (unpaired) electrons. The molecule has 0 amide bonds. The molecule has 1 rings (SSSR count). The van der Waals surface area contributed by atoms with Gasteiger partial charge in [0.1, 0.15) is 0 Å². The highest BCUT2D eigenvalue weighted by Gasteiger charge is 2.26. The Morgan fingerprint density at radius 1 is 1.50 bits per heavy atom. The summed E-state index contributed by atoms with van der Waals surface area (Å²) in [7, 11) is 2.01. The maximum absolute atomic E-state index is 9.80. The fourth-order valence-electron chi connectivity index (χ4n) is 2.21. The van der Waals surface area contributed by atoms with Gasteiger partial charge in [0, 0.05) is 12.6 Å². The average Bonchev–Trinajstić information content (AvgIpc) is 2.18. The number of aliphatic hydroxyl groups excluding tert-OH is 1. The van der Waals surface area contributed by atoms with Crippen molar-refractivity contribution in [1.82, 2.24) is 4.90 Å². The van der Waals surface area contributed by atoms with Crippen LogP contribution in [-0.4, -0.2) is 35.7 Å². The first-order valence-electron chi connectivity index (χ1n) is 5.43. The van der Waals surface area contributed by atoms with Crippen LogP contribution in [0.1, 0.15) is 32.6 Å². The minimum atomic E-state index is -0.195. The lowest BCUT2D eigenvalue weighted by molar-refractivity contribution is 0.0293. The van der Waals surface area contributed by atoms with Crippen molar-refractivity contribution >= 4 is 0 Å². The van der Waals surface area contributed by atoms with Crippen molar-refractivity contribution in [2.75, 3.05) is 13.6 Å². The van der Waals surface area contributed by atoms with Gasteiger partial charge < -0.3 is 5.11 Å². The molecule has 0 heterocycles. The maximum atomic E-state index is 9.80. The lowest BCUT2D eigenvalue weighted by atomic mass is 9.91. The minimum absolute atomic E-state index is 0.0501. The zero-order chi connectivity index (χ0) is 10.6. The van der Waals surface area contributed by atoms with Gasteiger partial charge in [-0.25, -0.2) is 0 Å². The van der Waals surface area contributed by atoms with E-state index in [-0.39, 0.29) is 18.1 Å². The molecule has 0 bridgehead atoms. The van der Waals surface area contributed by atoms with Crippen LogP contribution in [0.3, 0.4) is 0 Å². The molecule has 0 aromatic heterocycles. The van der Waals surface area contributed by atoms with Gasteiger partial charge in [0.2, 0.25) is 0 Å². The summed E-state index contributed by atoms with van der Waals surface area (Å²) in [6.45, 7) is 2.68. The molecule has 0 aliphatic heterocycles. The summed E-state index contributed by atoms with van der Waals surface area (Å²) < 4.78 is 0. The summed E-state index contributed by atoms with van der Waals surface area (Å²) in [4.78, 5) is 2.14. The highest BCUT2D eigenvalue weighted by molar-refractivity contribution is 4.86. The Morgan fingerprint density at radius 3 is 2.71 bits per heavy atom. The molecule has 1 unspecified atom stereocenters. The van der Waals surface area contributed by atoms with Gasteiger partial charge in [-0.2, -0.15) is 5.26 Å². The van der Waals surface area contributed by atoms with E-state index in [1.54, 1.807) is 0 Å². The third-order valence-electron chi connectivity index (χ3n) is 3.04. The van der Waals surface area contributed by atoms with E-state index in [9.17, 15) is 5.11 Å². The molecule has 14 heavy (non-hydrogen) atoms. The summed E-state index contributed by atoms with van der Waals surface area (Å²) >= 11 is 0. The van der Waals surface area contributed by atoms with Gasteiger partial charge >= 0.3 is 0 Å². The fraction of sp³-hybridized carbons (Fsp3) is 0.909. The largest absolute Gasteiger partial charge is 0.391 e. The molecule has 1 saturated carbocycles. The second-order valence-corrected chi connectivity index (χ2v) is 4.39. The topological polar surface area (TPSA) is 47.3 Å². The van der Waals surface area contributed by atoms with Crippen LogP contribution in [0.5, 0.6) is 0 Å². The van der Waals surface area contributed by atoms with E-state index in [4.69, 9.17) is 5.26 Å². The van der Waals surface area contributed by atoms with Crippen molar-refractivity contribution in [3.8, 4) is 6.07 Å². The van der Waals surface area contributed by atoms with Crippen LogP contribution in [0.25, 0.3) is 0 Å². The van der Waals surface area contributed by atoms with E-state index in [2.05, 4.69) is 11.0 Å². The van der Waals surface area contributed by atoms with Gasteiger partial charge in [-0.15, -0.1) is 0 Å². The summed E-state index contributed by atoms with van der Waals surface area (Å²) in [6, 6.07) is 2.49. The first-order chi connectivity index (χ1) is 6.65. The summed E-state index contributed by atoms with van der Waals surface area (Å²) in [6.07, 6.45) is 4.12. The van der Waals surface area contributed by atoms with E-state index in [0.717, 1.165) is 25.8 Å². The second-order valence-electron chi connectivity index (χ2n) is 4.39. The number of aliphatic hydroxyl groups is 1. The normalized spacial score (nSPS) is 29.9. The first-order valence-corrected chi connectivity index (χ1v) is 5.43. The Kier molecular flexibility index (Phi) is 4.37. The second kappa shape index (κ2) is 5.33. The summed E-state index contributed by atoms with van der Waals surface area (Å²) in [5, 5.41) is 18.5. The molecule has 3 heteroatoms. The fourth-order valence-corrected chi connectivity index (χ4v) is 2.21. The Hall–Kier alpha value is -0.590. The van der Waals surface area contributed by atoms with Crippen LogP contribution in [0.2, 0.25) is 0 Å². The van der Waals surface area contributed by atoms with Gasteiger partial charge in [0.15, 0.2) is 0 Å². The van der Waals surface area contributed by atoms with Crippen LogP contribution in [0, 0.1) is 17.2 Å². The van der Waals surface area contributed by atoms with Gasteiger partial charge in [-0.3, -0.25) is 4.90 Å². The monoisotopic (exact) mass is 196 g/mol. The van der Waals surface area contributed by atoms with Crippen LogP contribution < -0.4 is 0 Å². The average molecular weight is 196 g/mol. The molecule has 3 atom stereocenters. The number of hydrogen-bond donors (Lipinski definition) is 1. The number of nitriles is 1. The van der Waals surface area contributed by atoms with Gasteiger partial charge in [-0.1, -0.05) is 12.8 Å². The van der Waals surface area contributed by atoms with Gasteiger partial charge in [-0.05, 0) is 26.8 Å². The molecule has 1 N–H and O–H groups in total. The van der Waals surface area contributed by atoms with Crippen molar-refractivity contribution in [2.45, 2.75) is 44.8 Å². The molecule has 1 aliphatic rings. The van der Waals surface area contributed by atoms with Crippen molar-refractivity contribution < 1.29 is 5.11 Å². The lowest BCUT2D eigenvalue weighted by Crippen LogP contribution is -2.44. The maximum Gasteiger partial charge on any atom is 0.0695 e. The highest BCUT2D eigenvalue weighted by atomic mass is 16.3. The lowest BCUT2D eigenvalue weighted by Gasteiger charge is -2.35. The molecule has 1 aliphatic carbocycles. The van der Waals surface area contributed by atoms with Crippen LogP contribution in [0.4, 0.5) is 0 Å². The van der Waals surface area contributed by atoms with Gasteiger partial charge in [0.25, 0.3) is 0 Å². The Morgan fingerprint density at radius 2 is 2.14 bits per heavy atom. The van der Waals surface area contributed by atoms with E-state index < -0.39 is 0 Å². The van der Waals surface area contributed by atoms with Crippen LogP contribution in [-0.2, 0) is 0 Å². The zero-order valence-electron chi connectivity index (χ0n) is 9.11. The smallest absolute Gasteiger partial charge is 0.0695 e. The number of rotatable bonds is 3. The Labute approximate surface area is 86.3 Å². The Balaban J connectivity index is 2.42. The molecule has 0 saturated heterocycles. The van der Waals surface area contributed by atoms with Crippen molar-refractivity contribution in [3.63, 3.8) is 0 Å². The first kappa shape index (κ1) is 11.5. The van der Waals surface area contributed by atoms with Crippen LogP contribution >= 0.6 is 0 Å². The van der Waals surface area contributed by atoms with Crippen molar-refractivity contribution in [3.05, 3.63) is 0 Å². The predicted molar refractivity (Wildman–Crippen MR) is 55.7 cm³/mol. The summed E-state index contributed by atoms with van der Waals surface area (Å²) in [5.74, 6) is 0.0501. The highest BCUT2D eigenvalue weighted by Crippen LogP contribution is 2.22. The molecule has 3 nitrogen and oxygen atoms in total. The van der Waals surface area contributed by atoms with E-state index >= 15 is 0 Å². The van der Waals surface area contributed by atoms with Crippen molar-refractivity contribution in [2.24, 2.45) is 5.92 Å². The quantitative estimate of drug-likeness (QED) is 0.742. The number of nitrogens with zero attached hydrogens (tertiary/aromatic N) is 2. The van der Waals surface area contributed by atoms with Crippen LogP contribution in [0.15, 0.2) is 0 Å². The van der Waals surface area contributed by atoms with Crippen molar-refractivity contribution in [1.29, 1.82) is 5.26 Å². The standard InChI is InChI=1S/C11H20N2O/c1-9(7-12)8-13(2)10-5-3-4-6-11(10)14/h9-11,14H,3-6,8H2,1-2H3/t9?,10-,11-/m0/s1. The molecular weight excluding hydrogens is 176 g/mol. The minimum Gasteiger partial charge on any atom is -0.391 e. The predicted octanol–water partition coefficient (Wildman–Crippen LogP) is 1.38. The Bertz CT molecular complexity index is 212. The third-order valence-corrected chi connectivity index (χ3v) is 3.04. The number of likely N-dealkylation sites (N-methyl/N-ethyl adjacent to an activating group) is 1. The SMILES string of the molecule is CC(C#N)CN(C)[C@H]1CCCC[C@@H]1O. The van der Waals surface area contributed by atoms with E-state index in [1.165, 1.54) is 6.42 Å². The zero-order valence-corrected chi connectivity index (χ0v) is 9.11.